The highest BCUT2D eigenvalue weighted by Gasteiger charge is 2.38. The van der Waals surface area contributed by atoms with E-state index in [0.717, 1.165) is 37.1 Å². The van der Waals surface area contributed by atoms with Crippen LogP contribution in [0.4, 0.5) is 0 Å². The van der Waals surface area contributed by atoms with Crippen LogP contribution in [0.1, 0.15) is 69.0 Å². The summed E-state index contributed by atoms with van der Waals surface area (Å²) in [5.74, 6) is 3.54. The molecule has 24 heavy (non-hydrogen) atoms. The predicted molar refractivity (Wildman–Crippen MR) is 91.9 cm³/mol. The monoisotopic (exact) mass is 333 g/mol. The van der Waals surface area contributed by atoms with Crippen LogP contribution < -0.4 is 0 Å². The van der Waals surface area contributed by atoms with E-state index in [0.29, 0.717) is 11.8 Å². The zero-order valence-corrected chi connectivity index (χ0v) is 15.0. The van der Waals surface area contributed by atoms with Crippen molar-refractivity contribution >= 4 is 0 Å². The fraction of sp³-hybridized carbons (Fsp3) is 0.895. The number of hydrogen-bond acceptors (Lipinski definition) is 5. The Morgan fingerprint density at radius 2 is 1.96 bits per heavy atom. The topological polar surface area (TPSA) is 51.4 Å². The van der Waals surface area contributed by atoms with Crippen molar-refractivity contribution < 1.29 is 9.26 Å². The van der Waals surface area contributed by atoms with E-state index in [1.807, 2.05) is 6.92 Å². The van der Waals surface area contributed by atoms with Crippen molar-refractivity contribution in [3.05, 3.63) is 11.7 Å². The lowest BCUT2D eigenvalue weighted by Gasteiger charge is -2.40. The zero-order valence-electron chi connectivity index (χ0n) is 15.0. The van der Waals surface area contributed by atoms with Gasteiger partial charge in [0, 0.05) is 6.61 Å². The summed E-state index contributed by atoms with van der Waals surface area (Å²) in [5, 5.41) is 3.99. The fourth-order valence-corrected chi connectivity index (χ4v) is 4.51. The molecule has 1 saturated carbocycles. The number of nitrogens with zero attached hydrogens (tertiary/aromatic N) is 3. The highest BCUT2D eigenvalue weighted by Crippen LogP contribution is 2.38. The molecule has 2 aliphatic heterocycles. The molecule has 0 bridgehead atoms. The van der Waals surface area contributed by atoms with Crippen molar-refractivity contribution in [2.75, 3.05) is 26.2 Å². The Bertz CT molecular complexity index is 520. The van der Waals surface area contributed by atoms with E-state index < -0.39 is 0 Å². The van der Waals surface area contributed by atoms with Gasteiger partial charge in [0.2, 0.25) is 5.89 Å². The molecule has 5 heteroatoms. The maximum Gasteiger partial charge on any atom is 0.232 e. The Morgan fingerprint density at radius 3 is 2.67 bits per heavy atom. The van der Waals surface area contributed by atoms with Crippen LogP contribution in [0.25, 0.3) is 0 Å². The summed E-state index contributed by atoms with van der Waals surface area (Å²) in [6, 6.07) is 0. The van der Waals surface area contributed by atoms with Gasteiger partial charge in [-0.15, -0.1) is 0 Å². The first kappa shape index (κ1) is 16.5. The van der Waals surface area contributed by atoms with Crippen molar-refractivity contribution in [2.45, 2.75) is 70.3 Å². The van der Waals surface area contributed by atoms with Gasteiger partial charge in [-0.25, -0.2) is 0 Å². The lowest BCUT2D eigenvalue weighted by Crippen LogP contribution is -2.42. The van der Waals surface area contributed by atoms with Crippen LogP contribution in [0, 0.1) is 18.8 Å². The maximum absolute atomic E-state index is 6.20. The first-order valence-corrected chi connectivity index (χ1v) is 9.94. The molecule has 0 unspecified atom stereocenters. The molecule has 0 N–H and O–H groups in total. The molecule has 1 aromatic rings. The highest BCUT2D eigenvalue weighted by atomic mass is 16.5. The van der Waals surface area contributed by atoms with Crippen LogP contribution in [0.2, 0.25) is 0 Å². The summed E-state index contributed by atoms with van der Waals surface area (Å²) in [6.45, 7) is 6.53. The molecule has 0 aromatic carbocycles. The van der Waals surface area contributed by atoms with Crippen LogP contribution in [0.3, 0.4) is 0 Å². The number of rotatable bonds is 6. The van der Waals surface area contributed by atoms with Crippen LogP contribution >= 0.6 is 0 Å². The number of piperidine rings is 1. The van der Waals surface area contributed by atoms with Crippen molar-refractivity contribution in [2.24, 2.45) is 11.8 Å². The fourth-order valence-electron chi connectivity index (χ4n) is 4.51. The van der Waals surface area contributed by atoms with E-state index >= 15 is 0 Å². The SMILES string of the molecule is Cc1noc([C@@H]2CCCO[C@H]2C2CCN(CCCC3CC3)CC2)n1. The average Bonchev–Trinajstić information content (AvgIpc) is 3.34. The third-order valence-electron chi connectivity index (χ3n) is 6.11. The van der Waals surface area contributed by atoms with Gasteiger partial charge in [-0.1, -0.05) is 18.0 Å². The molecule has 5 nitrogen and oxygen atoms in total. The Labute approximate surface area is 145 Å². The third kappa shape index (κ3) is 3.99. The van der Waals surface area contributed by atoms with Gasteiger partial charge >= 0.3 is 0 Å². The van der Waals surface area contributed by atoms with E-state index in [-0.39, 0.29) is 6.10 Å². The van der Waals surface area contributed by atoms with E-state index in [4.69, 9.17) is 9.26 Å². The summed E-state index contributed by atoms with van der Waals surface area (Å²) >= 11 is 0. The summed E-state index contributed by atoms with van der Waals surface area (Å²) in [4.78, 5) is 7.15. The summed E-state index contributed by atoms with van der Waals surface area (Å²) in [6.07, 6.45) is 10.8. The van der Waals surface area contributed by atoms with Gasteiger partial charge in [0.15, 0.2) is 5.82 Å². The Morgan fingerprint density at radius 1 is 1.12 bits per heavy atom. The van der Waals surface area contributed by atoms with Gasteiger partial charge in [-0.3, -0.25) is 0 Å². The molecule has 3 fully saturated rings. The molecule has 0 radical (unpaired) electrons. The van der Waals surface area contributed by atoms with Crippen LogP contribution in [0.5, 0.6) is 0 Å². The zero-order chi connectivity index (χ0) is 16.4. The largest absolute Gasteiger partial charge is 0.377 e. The second kappa shape index (κ2) is 7.52. The van der Waals surface area contributed by atoms with Crippen molar-refractivity contribution in [1.82, 2.24) is 15.0 Å². The van der Waals surface area contributed by atoms with Gasteiger partial charge in [0.05, 0.1) is 12.0 Å². The molecular formula is C19H31N3O2. The smallest absolute Gasteiger partial charge is 0.232 e. The first-order valence-electron chi connectivity index (χ1n) is 9.94. The van der Waals surface area contributed by atoms with E-state index in [1.54, 1.807) is 0 Å². The number of aryl methyl sites for hydroxylation is 1. The normalized spacial score (nSPS) is 29.9. The molecule has 134 valence electrons. The van der Waals surface area contributed by atoms with Crippen molar-refractivity contribution in [1.29, 1.82) is 0 Å². The molecule has 2 atom stereocenters. The minimum atomic E-state index is 0.271. The lowest BCUT2D eigenvalue weighted by molar-refractivity contribution is -0.0580. The minimum absolute atomic E-state index is 0.271. The van der Waals surface area contributed by atoms with E-state index in [2.05, 4.69) is 15.0 Å². The molecule has 0 amide bonds. The van der Waals surface area contributed by atoms with Gasteiger partial charge in [-0.2, -0.15) is 4.98 Å². The van der Waals surface area contributed by atoms with Gasteiger partial charge in [0.25, 0.3) is 0 Å². The van der Waals surface area contributed by atoms with Gasteiger partial charge < -0.3 is 14.2 Å². The Balaban J connectivity index is 1.29. The standard InChI is InChI=1S/C19H31N3O2/c1-14-20-19(24-21-14)17-5-3-13-23-18(17)16-8-11-22(12-9-16)10-2-4-15-6-7-15/h15-18H,2-13H2,1H3/t17-,18+/m1/s1. The Hall–Kier alpha value is -0.940. The molecule has 3 heterocycles. The maximum atomic E-state index is 6.20. The summed E-state index contributed by atoms with van der Waals surface area (Å²) < 4.78 is 11.7. The van der Waals surface area contributed by atoms with Gasteiger partial charge in [0.1, 0.15) is 0 Å². The Kier molecular flexibility index (Phi) is 5.18. The van der Waals surface area contributed by atoms with Crippen LogP contribution in [-0.4, -0.2) is 47.4 Å². The second-order valence-electron chi connectivity index (χ2n) is 8.03. The highest BCUT2D eigenvalue weighted by molar-refractivity contribution is 5.01. The third-order valence-corrected chi connectivity index (χ3v) is 6.11. The van der Waals surface area contributed by atoms with Crippen LogP contribution in [-0.2, 0) is 4.74 Å². The number of ether oxygens (including phenoxy) is 1. The molecule has 3 aliphatic rings. The number of aromatic nitrogens is 2. The van der Waals surface area contributed by atoms with E-state index in [9.17, 15) is 0 Å². The molecule has 1 aliphatic carbocycles. The predicted octanol–water partition coefficient (Wildman–Crippen LogP) is 3.54. The second-order valence-corrected chi connectivity index (χ2v) is 8.03. The minimum Gasteiger partial charge on any atom is -0.377 e. The summed E-state index contributed by atoms with van der Waals surface area (Å²) in [7, 11) is 0. The van der Waals surface area contributed by atoms with Crippen molar-refractivity contribution in [3.8, 4) is 0 Å². The van der Waals surface area contributed by atoms with Gasteiger partial charge in [-0.05, 0) is 76.9 Å². The molecule has 2 saturated heterocycles. The first-order chi connectivity index (χ1) is 11.8. The molecule has 4 rings (SSSR count). The van der Waals surface area contributed by atoms with Crippen molar-refractivity contribution in [3.63, 3.8) is 0 Å². The van der Waals surface area contributed by atoms with E-state index in [1.165, 1.54) is 58.2 Å². The molecule has 0 spiro atoms. The number of likely N-dealkylation sites (tertiary alicyclic amines) is 1. The molecular weight excluding hydrogens is 302 g/mol. The molecule has 1 aromatic heterocycles. The number of hydrogen-bond donors (Lipinski definition) is 0. The summed E-state index contributed by atoms with van der Waals surface area (Å²) in [5.41, 5.74) is 0. The quantitative estimate of drug-likeness (QED) is 0.797. The lowest BCUT2D eigenvalue weighted by atomic mass is 9.80. The van der Waals surface area contributed by atoms with Crippen LogP contribution in [0.15, 0.2) is 4.52 Å². The average molecular weight is 333 g/mol.